The van der Waals surface area contributed by atoms with Crippen LogP contribution < -0.4 is 5.32 Å². The van der Waals surface area contributed by atoms with E-state index >= 15 is 0 Å². The van der Waals surface area contributed by atoms with Crippen molar-refractivity contribution in [3.8, 4) is 0 Å². The lowest BCUT2D eigenvalue weighted by Crippen LogP contribution is -2.29. The molecule has 0 fully saturated rings. The maximum Gasteiger partial charge on any atom is 0.0591 e. The van der Waals surface area contributed by atoms with Gasteiger partial charge in [0, 0.05) is 19.2 Å². The quantitative estimate of drug-likeness (QED) is 0.605. The molecule has 0 aromatic heterocycles. The lowest BCUT2D eigenvalue weighted by atomic mass is 10.1. The van der Waals surface area contributed by atoms with Crippen LogP contribution in [0.5, 0.6) is 0 Å². The third-order valence-electron chi connectivity index (χ3n) is 3.42. The molecule has 0 aliphatic heterocycles. The molecule has 1 aromatic rings. The van der Waals surface area contributed by atoms with Gasteiger partial charge in [0.1, 0.15) is 0 Å². The minimum atomic E-state index is 0.165. The first-order valence-electron chi connectivity index (χ1n) is 6.86. The van der Waals surface area contributed by atoms with Crippen LogP contribution in [0.25, 0.3) is 0 Å². The van der Waals surface area contributed by atoms with Crippen LogP contribution >= 0.6 is 11.6 Å². The average Bonchev–Trinajstić information content (AvgIpc) is 2.70. The summed E-state index contributed by atoms with van der Waals surface area (Å²) in [6.45, 7) is 4.67. The van der Waals surface area contributed by atoms with Crippen LogP contribution in [-0.4, -0.2) is 25.1 Å². The number of ether oxygens (including phenoxy) is 1. The second-order valence-corrected chi connectivity index (χ2v) is 5.38. The van der Waals surface area contributed by atoms with Crippen LogP contribution in [0.2, 0.25) is 0 Å². The normalized spacial score (nSPS) is 22.1. The number of halogens is 1. The van der Waals surface area contributed by atoms with Crippen LogP contribution in [0, 0.1) is 0 Å². The predicted molar refractivity (Wildman–Crippen MR) is 76.3 cm³/mol. The summed E-state index contributed by atoms with van der Waals surface area (Å²) in [5.41, 5.74) is 2.73. The van der Waals surface area contributed by atoms with E-state index in [1.165, 1.54) is 17.5 Å². The molecule has 1 N–H and O–H groups in total. The van der Waals surface area contributed by atoms with Gasteiger partial charge in [-0.15, -0.1) is 11.6 Å². The van der Waals surface area contributed by atoms with Gasteiger partial charge in [-0.1, -0.05) is 37.6 Å². The molecule has 1 aromatic carbocycles. The highest BCUT2D eigenvalue weighted by Gasteiger charge is 2.29. The summed E-state index contributed by atoms with van der Waals surface area (Å²) in [6.07, 6.45) is 3.30. The fourth-order valence-electron chi connectivity index (χ4n) is 2.42. The van der Waals surface area contributed by atoms with Crippen molar-refractivity contribution in [2.24, 2.45) is 0 Å². The average molecular weight is 268 g/mol. The van der Waals surface area contributed by atoms with Crippen molar-refractivity contribution in [1.82, 2.24) is 5.32 Å². The Hall–Kier alpha value is -0.570. The van der Waals surface area contributed by atoms with Gasteiger partial charge in [-0.25, -0.2) is 0 Å². The van der Waals surface area contributed by atoms with Crippen LogP contribution in [0.4, 0.5) is 0 Å². The van der Waals surface area contributed by atoms with E-state index < -0.39 is 0 Å². The Bertz CT molecular complexity index is 369. The monoisotopic (exact) mass is 267 g/mol. The first-order valence-corrected chi connectivity index (χ1v) is 7.29. The van der Waals surface area contributed by atoms with Gasteiger partial charge in [0.15, 0.2) is 0 Å². The highest BCUT2D eigenvalue weighted by molar-refractivity contribution is 6.21. The fraction of sp³-hybridized carbons (Fsp3) is 0.600. The predicted octanol–water partition coefficient (Wildman–Crippen LogP) is 3.30. The molecule has 2 rings (SSSR count). The molecule has 2 atom stereocenters. The van der Waals surface area contributed by atoms with Crippen LogP contribution in [-0.2, 0) is 11.2 Å². The van der Waals surface area contributed by atoms with E-state index in [1.807, 2.05) is 0 Å². The third kappa shape index (κ3) is 3.47. The van der Waals surface area contributed by atoms with Crippen molar-refractivity contribution in [2.75, 3.05) is 19.8 Å². The van der Waals surface area contributed by atoms with Gasteiger partial charge >= 0.3 is 0 Å². The second-order valence-electron chi connectivity index (χ2n) is 4.82. The third-order valence-corrected chi connectivity index (χ3v) is 3.83. The molecular weight excluding hydrogens is 246 g/mol. The van der Waals surface area contributed by atoms with E-state index in [0.29, 0.717) is 0 Å². The summed E-state index contributed by atoms with van der Waals surface area (Å²) in [7, 11) is 0. The van der Waals surface area contributed by atoms with Crippen molar-refractivity contribution >= 4 is 11.6 Å². The zero-order valence-electron chi connectivity index (χ0n) is 11.0. The molecule has 0 radical (unpaired) electrons. The number of fused-ring (bicyclic) bond motifs is 1. The van der Waals surface area contributed by atoms with E-state index in [1.54, 1.807) is 0 Å². The summed E-state index contributed by atoms with van der Waals surface area (Å²) >= 11 is 6.40. The minimum Gasteiger partial charge on any atom is -0.380 e. The van der Waals surface area contributed by atoms with Crippen molar-refractivity contribution in [3.63, 3.8) is 0 Å². The van der Waals surface area contributed by atoms with Crippen molar-refractivity contribution in [2.45, 2.75) is 37.6 Å². The Morgan fingerprint density at radius 2 is 2.17 bits per heavy atom. The molecule has 0 saturated heterocycles. The largest absolute Gasteiger partial charge is 0.380 e. The number of benzene rings is 1. The number of rotatable bonds is 7. The first kappa shape index (κ1) is 13.9. The molecule has 0 bridgehead atoms. The lowest BCUT2D eigenvalue weighted by Gasteiger charge is -2.17. The van der Waals surface area contributed by atoms with Gasteiger partial charge in [-0.05, 0) is 24.0 Å². The van der Waals surface area contributed by atoms with Crippen LogP contribution in [0.1, 0.15) is 36.9 Å². The highest BCUT2D eigenvalue weighted by Crippen LogP contribution is 2.34. The molecule has 0 amide bonds. The maximum atomic E-state index is 6.40. The van der Waals surface area contributed by atoms with E-state index in [2.05, 4.69) is 36.5 Å². The van der Waals surface area contributed by atoms with Gasteiger partial charge in [-0.2, -0.15) is 0 Å². The molecule has 2 unspecified atom stereocenters. The Labute approximate surface area is 115 Å². The molecule has 100 valence electrons. The smallest absolute Gasteiger partial charge is 0.0591 e. The number of unbranched alkanes of at least 4 members (excludes halogenated alkanes) is 1. The molecule has 18 heavy (non-hydrogen) atoms. The molecule has 1 aliphatic carbocycles. The Morgan fingerprint density at radius 3 is 3.00 bits per heavy atom. The van der Waals surface area contributed by atoms with E-state index in [0.717, 1.165) is 32.6 Å². The molecule has 0 spiro atoms. The standard InChI is InChI=1S/C15H22ClNO/c1-2-3-9-18-10-8-17-15-13-7-5-4-6-12(13)11-14(15)16/h4-7,14-15,17H,2-3,8-11H2,1H3. The highest BCUT2D eigenvalue weighted by atomic mass is 35.5. The molecule has 3 heteroatoms. The SMILES string of the molecule is CCCCOCCNC1c2ccccc2CC1Cl. The Morgan fingerprint density at radius 1 is 1.33 bits per heavy atom. The maximum absolute atomic E-state index is 6.40. The van der Waals surface area contributed by atoms with Gasteiger partial charge in [-0.3, -0.25) is 0 Å². The van der Waals surface area contributed by atoms with Gasteiger partial charge in [0.2, 0.25) is 0 Å². The molecule has 1 aliphatic rings. The number of alkyl halides is 1. The summed E-state index contributed by atoms with van der Waals surface area (Å²) in [5, 5.41) is 3.67. The van der Waals surface area contributed by atoms with Crippen LogP contribution in [0.15, 0.2) is 24.3 Å². The Balaban J connectivity index is 1.76. The number of hydrogen-bond acceptors (Lipinski definition) is 2. The van der Waals surface area contributed by atoms with Gasteiger partial charge in [0.05, 0.1) is 12.0 Å². The second kappa shape index (κ2) is 7.13. The van der Waals surface area contributed by atoms with E-state index in [9.17, 15) is 0 Å². The number of nitrogens with one attached hydrogen (secondary N) is 1. The van der Waals surface area contributed by atoms with Gasteiger partial charge < -0.3 is 10.1 Å². The molecule has 0 heterocycles. The zero-order valence-corrected chi connectivity index (χ0v) is 11.7. The van der Waals surface area contributed by atoms with E-state index in [4.69, 9.17) is 16.3 Å². The fourth-order valence-corrected chi connectivity index (χ4v) is 2.81. The van der Waals surface area contributed by atoms with Gasteiger partial charge in [0.25, 0.3) is 0 Å². The first-order chi connectivity index (χ1) is 8.83. The Kier molecular flexibility index (Phi) is 5.48. The van der Waals surface area contributed by atoms with Crippen molar-refractivity contribution < 1.29 is 4.74 Å². The summed E-state index contributed by atoms with van der Waals surface area (Å²) in [4.78, 5) is 0. The summed E-state index contributed by atoms with van der Waals surface area (Å²) in [5.74, 6) is 0. The van der Waals surface area contributed by atoms with Crippen LogP contribution in [0.3, 0.4) is 0 Å². The summed E-state index contributed by atoms with van der Waals surface area (Å²) in [6, 6.07) is 8.79. The van der Waals surface area contributed by atoms with E-state index in [-0.39, 0.29) is 11.4 Å². The lowest BCUT2D eigenvalue weighted by molar-refractivity contribution is 0.131. The van der Waals surface area contributed by atoms with Crippen molar-refractivity contribution in [1.29, 1.82) is 0 Å². The summed E-state index contributed by atoms with van der Waals surface area (Å²) < 4.78 is 5.55. The molecule has 2 nitrogen and oxygen atoms in total. The van der Waals surface area contributed by atoms with Crippen molar-refractivity contribution in [3.05, 3.63) is 35.4 Å². The topological polar surface area (TPSA) is 21.3 Å². The minimum absolute atomic E-state index is 0.165. The molecular formula is C15H22ClNO. The number of hydrogen-bond donors (Lipinski definition) is 1. The zero-order chi connectivity index (χ0) is 12.8. The molecule has 0 saturated carbocycles.